The smallest absolute Gasteiger partial charge is 0.258 e. The van der Waals surface area contributed by atoms with E-state index in [4.69, 9.17) is 44.3 Å². The van der Waals surface area contributed by atoms with Gasteiger partial charge in [0.25, 0.3) is 5.91 Å². The minimum atomic E-state index is -0.471. The van der Waals surface area contributed by atoms with Crippen LogP contribution in [0.2, 0.25) is 15.1 Å². The van der Waals surface area contributed by atoms with Gasteiger partial charge in [-0.05, 0) is 23.8 Å². The number of aromatic nitrogens is 2. The zero-order valence-electron chi connectivity index (χ0n) is 15.7. The highest BCUT2D eigenvalue weighted by Crippen LogP contribution is 2.33. The summed E-state index contributed by atoms with van der Waals surface area (Å²) >= 11 is 18.0. The molecule has 0 aliphatic heterocycles. The number of hydrogen-bond acceptors (Lipinski definition) is 4. The molecule has 0 bridgehead atoms. The van der Waals surface area contributed by atoms with Crippen LogP contribution in [0.4, 0.5) is 0 Å². The first kappa shape index (κ1) is 21.3. The van der Waals surface area contributed by atoms with Crippen LogP contribution in [0.1, 0.15) is 17.4 Å². The Morgan fingerprint density at radius 1 is 1.14 bits per heavy atom. The van der Waals surface area contributed by atoms with Crippen molar-refractivity contribution in [2.75, 3.05) is 13.7 Å². The van der Waals surface area contributed by atoms with E-state index in [2.05, 4.69) is 10.3 Å². The predicted octanol–water partition coefficient (Wildman–Crippen LogP) is 4.67. The molecule has 0 radical (unpaired) electrons. The van der Waals surface area contributed by atoms with Crippen LogP contribution in [0, 0.1) is 0 Å². The van der Waals surface area contributed by atoms with Crippen LogP contribution in [0.15, 0.2) is 48.8 Å². The number of nitrogens with zero attached hydrogens (tertiary/aromatic N) is 2. The first-order valence-electron chi connectivity index (χ1n) is 8.57. The summed E-state index contributed by atoms with van der Waals surface area (Å²) in [4.78, 5) is 17.0. The number of halogens is 3. The average molecular weight is 455 g/mol. The maximum absolute atomic E-state index is 12.6. The van der Waals surface area contributed by atoms with Gasteiger partial charge < -0.3 is 19.4 Å². The van der Waals surface area contributed by atoms with Crippen LogP contribution in [0.5, 0.6) is 11.5 Å². The van der Waals surface area contributed by atoms with E-state index >= 15 is 0 Å². The summed E-state index contributed by atoms with van der Waals surface area (Å²) in [5, 5.41) is 3.80. The number of benzene rings is 2. The molecular formula is C20H18Cl3N3O3. The molecule has 2 aromatic carbocycles. The maximum Gasteiger partial charge on any atom is 0.258 e. The molecule has 1 amide bonds. The second-order valence-corrected chi connectivity index (χ2v) is 7.38. The highest BCUT2D eigenvalue weighted by atomic mass is 35.5. The fourth-order valence-electron chi connectivity index (χ4n) is 2.71. The molecule has 0 saturated carbocycles. The van der Waals surface area contributed by atoms with Crippen LogP contribution in [-0.2, 0) is 11.8 Å². The minimum Gasteiger partial charge on any atom is -0.497 e. The summed E-state index contributed by atoms with van der Waals surface area (Å²) in [6.07, 6.45) is 3.48. The largest absolute Gasteiger partial charge is 0.497 e. The van der Waals surface area contributed by atoms with Gasteiger partial charge in [-0.3, -0.25) is 4.79 Å². The molecule has 0 aliphatic rings. The van der Waals surface area contributed by atoms with E-state index in [0.29, 0.717) is 10.8 Å². The normalized spacial score (nSPS) is 11.8. The lowest BCUT2D eigenvalue weighted by molar-refractivity contribution is -0.123. The van der Waals surface area contributed by atoms with Crippen molar-refractivity contribution in [2.45, 2.75) is 6.04 Å². The average Bonchev–Trinajstić information content (AvgIpc) is 3.13. The van der Waals surface area contributed by atoms with Crippen LogP contribution in [0.25, 0.3) is 0 Å². The Bertz CT molecular complexity index is 1010. The number of hydrogen-bond donors (Lipinski definition) is 1. The Balaban J connectivity index is 1.76. The van der Waals surface area contributed by atoms with Crippen molar-refractivity contribution < 1.29 is 14.3 Å². The minimum absolute atomic E-state index is 0.255. The van der Waals surface area contributed by atoms with Crippen molar-refractivity contribution in [3.8, 4) is 11.5 Å². The quantitative estimate of drug-likeness (QED) is 0.527. The molecule has 0 spiro atoms. The topological polar surface area (TPSA) is 65.4 Å². The molecule has 1 atom stereocenters. The zero-order chi connectivity index (χ0) is 21.0. The summed E-state index contributed by atoms with van der Waals surface area (Å²) in [5.74, 6) is 1.32. The van der Waals surface area contributed by atoms with Gasteiger partial charge in [-0.1, -0.05) is 46.9 Å². The number of carbonyl (C=O) groups is 1. The highest BCUT2D eigenvalue weighted by molar-refractivity contribution is 6.43. The van der Waals surface area contributed by atoms with Crippen LogP contribution in [-0.4, -0.2) is 29.2 Å². The molecule has 3 rings (SSSR count). The third-order valence-electron chi connectivity index (χ3n) is 4.20. The summed E-state index contributed by atoms with van der Waals surface area (Å²) < 4.78 is 12.6. The molecule has 3 aromatic rings. The molecular weight excluding hydrogens is 437 g/mol. The van der Waals surface area contributed by atoms with Gasteiger partial charge >= 0.3 is 0 Å². The van der Waals surface area contributed by atoms with Crippen molar-refractivity contribution in [1.29, 1.82) is 0 Å². The molecule has 29 heavy (non-hydrogen) atoms. The standard InChI is InChI=1S/C20H18Cl3N3O3/c1-26-8-7-24-20(26)19(12-3-5-13(28-2)6-4-12)25-18(27)11-29-17-10-15(22)14(21)9-16(17)23/h3-10,19H,11H2,1-2H3,(H,25,27). The van der Waals surface area contributed by atoms with Gasteiger partial charge in [-0.15, -0.1) is 0 Å². The van der Waals surface area contributed by atoms with E-state index in [-0.39, 0.29) is 28.3 Å². The summed E-state index contributed by atoms with van der Waals surface area (Å²) in [6.45, 7) is -0.255. The number of carbonyl (C=O) groups excluding carboxylic acids is 1. The third kappa shape index (κ3) is 5.15. The Morgan fingerprint density at radius 3 is 2.45 bits per heavy atom. The van der Waals surface area contributed by atoms with E-state index in [1.165, 1.54) is 12.1 Å². The Morgan fingerprint density at radius 2 is 1.83 bits per heavy atom. The molecule has 1 heterocycles. The Kier molecular flexibility index (Phi) is 6.90. The lowest BCUT2D eigenvalue weighted by atomic mass is 10.1. The van der Waals surface area contributed by atoms with Crippen molar-refractivity contribution >= 4 is 40.7 Å². The molecule has 0 fully saturated rings. The third-order valence-corrected chi connectivity index (χ3v) is 5.22. The summed E-state index contributed by atoms with van der Waals surface area (Å²) in [7, 11) is 3.45. The van der Waals surface area contributed by atoms with Gasteiger partial charge in [0, 0.05) is 25.5 Å². The van der Waals surface area contributed by atoms with Gasteiger partial charge in [0.05, 0.1) is 22.2 Å². The molecule has 6 nitrogen and oxygen atoms in total. The number of rotatable bonds is 7. The van der Waals surface area contributed by atoms with Crippen molar-refractivity contribution in [2.24, 2.45) is 7.05 Å². The predicted molar refractivity (Wildman–Crippen MR) is 113 cm³/mol. The van der Waals surface area contributed by atoms with Crippen molar-refractivity contribution in [3.05, 3.63) is 75.2 Å². The summed E-state index contributed by atoms with van der Waals surface area (Å²) in [5.41, 5.74) is 0.848. The number of ether oxygens (including phenoxy) is 2. The van der Waals surface area contributed by atoms with Crippen LogP contribution >= 0.6 is 34.8 Å². The Labute approximate surface area is 183 Å². The van der Waals surface area contributed by atoms with Crippen molar-refractivity contribution in [1.82, 2.24) is 14.9 Å². The van der Waals surface area contributed by atoms with Gasteiger partial charge in [-0.2, -0.15) is 0 Å². The molecule has 1 aromatic heterocycles. The summed E-state index contributed by atoms with van der Waals surface area (Å²) in [6, 6.07) is 9.85. The fourth-order valence-corrected chi connectivity index (χ4v) is 3.30. The highest BCUT2D eigenvalue weighted by Gasteiger charge is 2.21. The van der Waals surface area contributed by atoms with E-state index in [1.54, 1.807) is 13.3 Å². The van der Waals surface area contributed by atoms with Crippen LogP contribution < -0.4 is 14.8 Å². The molecule has 152 valence electrons. The molecule has 1 N–H and O–H groups in total. The zero-order valence-corrected chi connectivity index (χ0v) is 17.9. The van der Waals surface area contributed by atoms with Gasteiger partial charge in [0.15, 0.2) is 6.61 Å². The van der Waals surface area contributed by atoms with Gasteiger partial charge in [-0.25, -0.2) is 4.98 Å². The Hall–Kier alpha value is -2.41. The molecule has 0 saturated heterocycles. The number of methoxy groups -OCH3 is 1. The molecule has 9 heteroatoms. The number of amides is 1. The SMILES string of the molecule is COc1ccc(C(NC(=O)COc2cc(Cl)c(Cl)cc2Cl)c2nccn2C)cc1. The lowest BCUT2D eigenvalue weighted by Crippen LogP contribution is -2.34. The molecule has 1 unspecified atom stereocenters. The fraction of sp³-hybridized carbons (Fsp3) is 0.200. The first-order valence-corrected chi connectivity index (χ1v) is 9.70. The van der Waals surface area contributed by atoms with E-state index < -0.39 is 6.04 Å². The van der Waals surface area contributed by atoms with E-state index in [1.807, 2.05) is 42.1 Å². The first-order chi connectivity index (χ1) is 13.9. The van der Waals surface area contributed by atoms with Crippen molar-refractivity contribution in [3.63, 3.8) is 0 Å². The maximum atomic E-state index is 12.6. The number of aryl methyl sites for hydroxylation is 1. The number of imidazole rings is 1. The van der Waals surface area contributed by atoms with E-state index in [9.17, 15) is 4.79 Å². The second-order valence-electron chi connectivity index (χ2n) is 6.16. The van der Waals surface area contributed by atoms with Crippen LogP contribution in [0.3, 0.4) is 0 Å². The monoisotopic (exact) mass is 453 g/mol. The van der Waals surface area contributed by atoms with E-state index in [0.717, 1.165) is 11.3 Å². The second kappa shape index (κ2) is 9.39. The van der Waals surface area contributed by atoms with Gasteiger partial charge in [0.1, 0.15) is 23.4 Å². The van der Waals surface area contributed by atoms with Gasteiger partial charge in [0.2, 0.25) is 0 Å². The molecule has 0 aliphatic carbocycles. The number of nitrogens with one attached hydrogen (secondary N) is 1. The lowest BCUT2D eigenvalue weighted by Gasteiger charge is -2.20.